The Kier molecular flexibility index (Phi) is 5.71. The first-order chi connectivity index (χ1) is 11.3. The first-order valence-electron chi connectivity index (χ1n) is 8.93. The first-order valence-corrected chi connectivity index (χ1v) is 8.93. The van der Waals surface area contributed by atoms with Crippen LogP contribution >= 0.6 is 0 Å². The van der Waals surface area contributed by atoms with Crippen molar-refractivity contribution in [3.8, 4) is 0 Å². The van der Waals surface area contributed by atoms with Crippen LogP contribution < -0.4 is 10.2 Å². The molecule has 1 aliphatic heterocycles. The maximum absolute atomic E-state index is 3.45. The molecule has 0 atom stereocenters. The second-order valence-corrected chi connectivity index (χ2v) is 6.56. The summed E-state index contributed by atoms with van der Waals surface area (Å²) in [5, 5.41) is 3.45. The fourth-order valence-electron chi connectivity index (χ4n) is 3.45. The molecule has 0 spiro atoms. The van der Waals surface area contributed by atoms with Gasteiger partial charge in [0.1, 0.15) is 0 Å². The highest BCUT2D eigenvalue weighted by atomic mass is 15.1. The molecule has 0 saturated carbocycles. The van der Waals surface area contributed by atoms with E-state index in [4.69, 9.17) is 0 Å². The third-order valence-corrected chi connectivity index (χ3v) is 4.88. The van der Waals surface area contributed by atoms with Crippen molar-refractivity contribution in [1.29, 1.82) is 0 Å². The third kappa shape index (κ3) is 4.59. The van der Waals surface area contributed by atoms with E-state index in [1.54, 1.807) is 0 Å². The molecule has 0 bridgehead atoms. The van der Waals surface area contributed by atoms with Crippen LogP contribution in [0.4, 0.5) is 5.69 Å². The minimum absolute atomic E-state index is 0.855. The molecule has 2 heteroatoms. The standard InChI is InChI=1S/C21H28N2/c1-2-23(17-20-6-4-3-5-7-20)21-10-8-18(9-11-21)16-19-12-14-22-15-13-19/h3-11,19,22H,2,12-17H2,1H3. The molecule has 1 saturated heterocycles. The van der Waals surface area contributed by atoms with E-state index in [0.29, 0.717) is 0 Å². The van der Waals surface area contributed by atoms with Gasteiger partial charge >= 0.3 is 0 Å². The lowest BCUT2D eigenvalue weighted by Gasteiger charge is -2.25. The SMILES string of the molecule is CCN(Cc1ccccc1)c1ccc(CC2CCNCC2)cc1. The second kappa shape index (κ2) is 8.16. The minimum atomic E-state index is 0.855. The van der Waals surface area contributed by atoms with Crippen molar-refractivity contribution in [1.82, 2.24) is 5.32 Å². The number of piperidine rings is 1. The van der Waals surface area contributed by atoms with Crippen LogP contribution in [0.1, 0.15) is 30.9 Å². The summed E-state index contributed by atoms with van der Waals surface area (Å²) in [6, 6.07) is 20.0. The highest BCUT2D eigenvalue weighted by molar-refractivity contribution is 5.48. The van der Waals surface area contributed by atoms with Crippen LogP contribution in [0.2, 0.25) is 0 Å². The summed E-state index contributed by atoms with van der Waals surface area (Å²) in [5.41, 5.74) is 4.18. The molecule has 0 amide bonds. The first kappa shape index (κ1) is 16.1. The van der Waals surface area contributed by atoms with Crippen LogP contribution in [-0.2, 0) is 13.0 Å². The average Bonchev–Trinajstić information content (AvgIpc) is 2.62. The maximum atomic E-state index is 3.45. The third-order valence-electron chi connectivity index (χ3n) is 4.88. The Morgan fingerprint density at radius 2 is 1.61 bits per heavy atom. The second-order valence-electron chi connectivity index (χ2n) is 6.56. The molecule has 3 rings (SSSR count). The molecule has 1 fully saturated rings. The molecule has 2 nitrogen and oxygen atoms in total. The Morgan fingerprint density at radius 1 is 0.913 bits per heavy atom. The van der Waals surface area contributed by atoms with Crippen molar-refractivity contribution in [2.24, 2.45) is 5.92 Å². The van der Waals surface area contributed by atoms with Crippen LogP contribution in [0.3, 0.4) is 0 Å². The Bertz CT molecular complexity index is 571. The summed E-state index contributed by atoms with van der Waals surface area (Å²) in [6.45, 7) is 6.60. The Balaban J connectivity index is 1.62. The zero-order valence-corrected chi connectivity index (χ0v) is 14.2. The van der Waals surface area contributed by atoms with Gasteiger partial charge in [0.05, 0.1) is 0 Å². The molecule has 23 heavy (non-hydrogen) atoms. The Labute approximate surface area is 140 Å². The van der Waals surface area contributed by atoms with Crippen molar-refractivity contribution in [3.63, 3.8) is 0 Å². The van der Waals surface area contributed by atoms with Crippen molar-refractivity contribution in [2.75, 3.05) is 24.5 Å². The van der Waals surface area contributed by atoms with Crippen LogP contribution in [0.5, 0.6) is 0 Å². The van der Waals surface area contributed by atoms with Gasteiger partial charge in [-0.25, -0.2) is 0 Å². The van der Waals surface area contributed by atoms with Crippen LogP contribution in [0, 0.1) is 5.92 Å². The predicted molar refractivity (Wildman–Crippen MR) is 98.9 cm³/mol. The molecule has 0 aromatic heterocycles. The van der Waals surface area contributed by atoms with Crippen LogP contribution in [0.15, 0.2) is 54.6 Å². The molecular weight excluding hydrogens is 280 g/mol. The highest BCUT2D eigenvalue weighted by Gasteiger charge is 2.13. The number of hydrogen-bond donors (Lipinski definition) is 1. The zero-order chi connectivity index (χ0) is 15.9. The molecular formula is C21H28N2. The van der Waals surface area contributed by atoms with Crippen molar-refractivity contribution >= 4 is 5.69 Å². The normalized spacial score (nSPS) is 15.5. The Morgan fingerprint density at radius 3 is 2.26 bits per heavy atom. The van der Waals surface area contributed by atoms with E-state index in [9.17, 15) is 0 Å². The molecule has 0 radical (unpaired) electrons. The van der Waals surface area contributed by atoms with Gasteiger partial charge < -0.3 is 10.2 Å². The van der Waals surface area contributed by atoms with Gasteiger partial charge in [0.15, 0.2) is 0 Å². The van der Waals surface area contributed by atoms with Crippen molar-refractivity contribution < 1.29 is 0 Å². The van der Waals surface area contributed by atoms with E-state index < -0.39 is 0 Å². The number of hydrogen-bond acceptors (Lipinski definition) is 2. The number of nitrogens with zero attached hydrogens (tertiary/aromatic N) is 1. The molecule has 1 aliphatic rings. The molecule has 0 aliphatic carbocycles. The summed E-state index contributed by atoms with van der Waals surface area (Å²) in [7, 11) is 0. The van der Waals surface area contributed by atoms with Gasteiger partial charge in [-0.05, 0) is 68.5 Å². The quantitative estimate of drug-likeness (QED) is 0.858. The number of anilines is 1. The minimum Gasteiger partial charge on any atom is -0.367 e. The lowest BCUT2D eigenvalue weighted by molar-refractivity contribution is 0.372. The van der Waals surface area contributed by atoms with E-state index >= 15 is 0 Å². The number of nitrogens with one attached hydrogen (secondary N) is 1. The van der Waals surface area contributed by atoms with Crippen LogP contribution in [0.25, 0.3) is 0 Å². The molecule has 122 valence electrons. The largest absolute Gasteiger partial charge is 0.367 e. The lowest BCUT2D eigenvalue weighted by atomic mass is 9.91. The Hall–Kier alpha value is -1.80. The topological polar surface area (TPSA) is 15.3 Å². The van der Waals surface area contributed by atoms with E-state index in [1.165, 1.54) is 49.2 Å². The number of rotatable bonds is 6. The van der Waals surface area contributed by atoms with E-state index in [1.807, 2.05) is 0 Å². The number of benzene rings is 2. The molecule has 2 aromatic carbocycles. The fourth-order valence-corrected chi connectivity index (χ4v) is 3.45. The van der Waals surface area contributed by atoms with E-state index in [0.717, 1.165) is 19.0 Å². The average molecular weight is 308 g/mol. The molecule has 0 unspecified atom stereocenters. The monoisotopic (exact) mass is 308 g/mol. The van der Waals surface area contributed by atoms with Gasteiger partial charge in [-0.15, -0.1) is 0 Å². The van der Waals surface area contributed by atoms with Crippen molar-refractivity contribution in [3.05, 3.63) is 65.7 Å². The summed E-state index contributed by atoms with van der Waals surface area (Å²) in [6.07, 6.45) is 3.86. The van der Waals surface area contributed by atoms with Gasteiger partial charge in [-0.2, -0.15) is 0 Å². The molecule has 1 heterocycles. The lowest BCUT2D eigenvalue weighted by Crippen LogP contribution is -2.28. The van der Waals surface area contributed by atoms with Gasteiger partial charge in [0.25, 0.3) is 0 Å². The highest BCUT2D eigenvalue weighted by Crippen LogP contribution is 2.22. The summed E-state index contributed by atoms with van der Waals surface area (Å²) in [5.74, 6) is 0.855. The zero-order valence-electron chi connectivity index (χ0n) is 14.2. The summed E-state index contributed by atoms with van der Waals surface area (Å²) < 4.78 is 0. The molecule has 2 aromatic rings. The van der Waals surface area contributed by atoms with Crippen LogP contribution in [-0.4, -0.2) is 19.6 Å². The van der Waals surface area contributed by atoms with Crippen molar-refractivity contribution in [2.45, 2.75) is 32.7 Å². The summed E-state index contributed by atoms with van der Waals surface area (Å²) >= 11 is 0. The van der Waals surface area contributed by atoms with E-state index in [2.05, 4.69) is 71.7 Å². The fraction of sp³-hybridized carbons (Fsp3) is 0.429. The summed E-state index contributed by atoms with van der Waals surface area (Å²) in [4.78, 5) is 2.43. The smallest absolute Gasteiger partial charge is 0.0429 e. The van der Waals surface area contributed by atoms with Gasteiger partial charge in [0.2, 0.25) is 0 Å². The predicted octanol–water partition coefficient (Wildman–Crippen LogP) is 4.26. The molecule has 1 N–H and O–H groups in total. The van der Waals surface area contributed by atoms with Gasteiger partial charge in [-0.1, -0.05) is 42.5 Å². The maximum Gasteiger partial charge on any atom is 0.0429 e. The van der Waals surface area contributed by atoms with Gasteiger partial charge in [-0.3, -0.25) is 0 Å². The van der Waals surface area contributed by atoms with Gasteiger partial charge in [0, 0.05) is 18.8 Å². The van der Waals surface area contributed by atoms with E-state index in [-0.39, 0.29) is 0 Å².